The Balaban J connectivity index is 2.02. The fourth-order valence-corrected chi connectivity index (χ4v) is 2.35. The van der Waals surface area contributed by atoms with Gasteiger partial charge in [-0.05, 0) is 31.0 Å². The van der Waals surface area contributed by atoms with Gasteiger partial charge in [0.25, 0.3) is 0 Å². The summed E-state index contributed by atoms with van der Waals surface area (Å²) in [5.74, 6) is 1.94. The summed E-state index contributed by atoms with van der Waals surface area (Å²) < 4.78 is 0. The van der Waals surface area contributed by atoms with Crippen molar-refractivity contribution in [3.63, 3.8) is 0 Å². The van der Waals surface area contributed by atoms with E-state index in [-0.39, 0.29) is 0 Å². The fourth-order valence-electron chi connectivity index (χ4n) is 2.35. The van der Waals surface area contributed by atoms with Gasteiger partial charge in [-0.2, -0.15) is 0 Å². The minimum atomic E-state index is 0.462. The summed E-state index contributed by atoms with van der Waals surface area (Å²) in [5.41, 5.74) is 1.31. The molecule has 0 saturated heterocycles. The lowest BCUT2D eigenvalue weighted by atomic mass is 9.80. The van der Waals surface area contributed by atoms with E-state index in [4.69, 9.17) is 0 Å². The number of hydrogen-bond donors (Lipinski definition) is 1. The summed E-state index contributed by atoms with van der Waals surface area (Å²) in [7, 11) is 6.08. The normalized spacial score (nSPS) is 17.6. The van der Waals surface area contributed by atoms with Crippen LogP contribution in [0.3, 0.4) is 0 Å². The zero-order valence-corrected chi connectivity index (χ0v) is 11.1. The van der Waals surface area contributed by atoms with Crippen molar-refractivity contribution < 1.29 is 0 Å². The van der Waals surface area contributed by atoms with Gasteiger partial charge < -0.3 is 10.2 Å². The molecule has 1 aromatic rings. The summed E-state index contributed by atoms with van der Waals surface area (Å²) >= 11 is 0. The van der Waals surface area contributed by atoms with Crippen molar-refractivity contribution in [2.45, 2.75) is 31.7 Å². The minimum absolute atomic E-state index is 0.462. The Morgan fingerprint density at radius 2 is 2.18 bits per heavy atom. The van der Waals surface area contributed by atoms with Crippen molar-refractivity contribution in [3.05, 3.63) is 23.9 Å². The van der Waals surface area contributed by atoms with Crippen LogP contribution < -0.4 is 10.2 Å². The zero-order chi connectivity index (χ0) is 12.3. The lowest BCUT2D eigenvalue weighted by molar-refractivity contribution is 0.265. The first kappa shape index (κ1) is 12.4. The van der Waals surface area contributed by atoms with Gasteiger partial charge in [0.05, 0.1) is 0 Å². The number of rotatable bonds is 5. The molecule has 1 aromatic heterocycles. The number of pyridine rings is 1. The lowest BCUT2D eigenvalue weighted by Gasteiger charge is -2.29. The Bertz CT molecular complexity index is 341. The van der Waals surface area contributed by atoms with Crippen molar-refractivity contribution in [1.29, 1.82) is 0 Å². The fraction of sp³-hybridized carbons (Fsp3) is 0.643. The molecule has 0 spiro atoms. The zero-order valence-electron chi connectivity index (χ0n) is 11.1. The molecule has 94 valence electrons. The van der Waals surface area contributed by atoms with Gasteiger partial charge in [-0.3, -0.25) is 0 Å². The summed E-state index contributed by atoms with van der Waals surface area (Å²) in [6, 6.07) is 4.76. The van der Waals surface area contributed by atoms with Gasteiger partial charge in [0.15, 0.2) is 0 Å². The number of nitrogens with one attached hydrogen (secondary N) is 1. The molecule has 0 aromatic carbocycles. The molecule has 0 aliphatic heterocycles. The second kappa shape index (κ2) is 5.50. The van der Waals surface area contributed by atoms with Gasteiger partial charge in [-0.25, -0.2) is 4.98 Å². The van der Waals surface area contributed by atoms with Gasteiger partial charge in [0, 0.05) is 26.3 Å². The average Bonchev–Trinajstić information content (AvgIpc) is 2.28. The Hall–Kier alpha value is -1.09. The number of hydrogen-bond acceptors (Lipinski definition) is 3. The molecule has 3 heteroatoms. The van der Waals surface area contributed by atoms with Gasteiger partial charge >= 0.3 is 0 Å². The second-order valence-electron chi connectivity index (χ2n) is 5.22. The van der Waals surface area contributed by atoms with Crippen molar-refractivity contribution >= 4 is 5.82 Å². The van der Waals surface area contributed by atoms with Gasteiger partial charge in [-0.1, -0.05) is 25.3 Å². The van der Waals surface area contributed by atoms with Crippen molar-refractivity contribution in [2.24, 2.45) is 5.92 Å². The molecule has 0 amide bonds. The maximum atomic E-state index is 4.48. The lowest BCUT2D eigenvalue weighted by Crippen LogP contribution is -2.23. The molecule has 1 heterocycles. The van der Waals surface area contributed by atoms with E-state index in [0.29, 0.717) is 6.04 Å². The summed E-state index contributed by atoms with van der Waals surface area (Å²) in [6.07, 6.45) is 7.48. The molecule has 1 aliphatic rings. The third-order valence-corrected chi connectivity index (χ3v) is 3.77. The monoisotopic (exact) mass is 233 g/mol. The molecule has 1 fully saturated rings. The molecule has 17 heavy (non-hydrogen) atoms. The molecule has 0 radical (unpaired) electrons. The van der Waals surface area contributed by atoms with E-state index in [0.717, 1.165) is 11.7 Å². The highest BCUT2D eigenvalue weighted by atomic mass is 15.1. The first-order valence-electron chi connectivity index (χ1n) is 6.51. The molecular weight excluding hydrogens is 210 g/mol. The molecule has 2 rings (SSSR count). The second-order valence-corrected chi connectivity index (χ2v) is 5.22. The molecule has 1 atom stereocenters. The number of nitrogens with zero attached hydrogens (tertiary/aromatic N) is 2. The van der Waals surface area contributed by atoms with Crippen LogP contribution in [0.4, 0.5) is 5.82 Å². The van der Waals surface area contributed by atoms with Crippen LogP contribution in [-0.2, 0) is 0 Å². The molecular formula is C14H23N3. The maximum Gasteiger partial charge on any atom is 0.127 e. The van der Waals surface area contributed by atoms with E-state index in [9.17, 15) is 0 Å². The average molecular weight is 233 g/mol. The van der Waals surface area contributed by atoms with Crippen molar-refractivity contribution in [1.82, 2.24) is 10.3 Å². The van der Waals surface area contributed by atoms with E-state index in [2.05, 4.69) is 22.4 Å². The van der Waals surface area contributed by atoms with Crippen LogP contribution >= 0.6 is 0 Å². The Labute approximate surface area is 104 Å². The Morgan fingerprint density at radius 3 is 2.59 bits per heavy atom. The summed E-state index contributed by atoms with van der Waals surface area (Å²) in [4.78, 5) is 6.52. The van der Waals surface area contributed by atoms with Gasteiger partial charge in [0.2, 0.25) is 0 Å². The SMILES string of the molecule is CNC(CC1CCC1)c1ccc(N(C)C)nc1. The third kappa shape index (κ3) is 2.97. The van der Waals surface area contributed by atoms with Gasteiger partial charge in [0.1, 0.15) is 5.82 Å². The highest BCUT2D eigenvalue weighted by Gasteiger charge is 2.22. The highest BCUT2D eigenvalue weighted by molar-refractivity contribution is 5.37. The van der Waals surface area contributed by atoms with Crippen LogP contribution in [0.25, 0.3) is 0 Å². The largest absolute Gasteiger partial charge is 0.363 e. The molecule has 1 N–H and O–H groups in total. The van der Waals surface area contributed by atoms with Crippen LogP contribution in [0.15, 0.2) is 18.3 Å². The summed E-state index contributed by atoms with van der Waals surface area (Å²) in [6.45, 7) is 0. The first-order valence-corrected chi connectivity index (χ1v) is 6.51. The Kier molecular flexibility index (Phi) is 4.00. The predicted molar refractivity (Wildman–Crippen MR) is 72.3 cm³/mol. The van der Waals surface area contributed by atoms with E-state index in [1.54, 1.807) is 0 Å². The first-order chi connectivity index (χ1) is 8.20. The number of anilines is 1. The highest BCUT2D eigenvalue weighted by Crippen LogP contribution is 2.34. The van der Waals surface area contributed by atoms with Crippen LogP contribution in [0.2, 0.25) is 0 Å². The van der Waals surface area contributed by atoms with E-state index in [1.165, 1.54) is 31.2 Å². The molecule has 0 bridgehead atoms. The molecule has 1 aliphatic carbocycles. The van der Waals surface area contributed by atoms with Crippen molar-refractivity contribution in [3.8, 4) is 0 Å². The minimum Gasteiger partial charge on any atom is -0.363 e. The van der Waals surface area contributed by atoms with Gasteiger partial charge in [-0.15, -0.1) is 0 Å². The van der Waals surface area contributed by atoms with Crippen LogP contribution in [0, 0.1) is 5.92 Å². The third-order valence-electron chi connectivity index (χ3n) is 3.77. The standard InChI is InChI=1S/C14H23N3/c1-15-13(9-11-5-4-6-11)12-7-8-14(16-10-12)17(2)3/h7-8,10-11,13,15H,4-6,9H2,1-3H3. The molecule has 3 nitrogen and oxygen atoms in total. The smallest absolute Gasteiger partial charge is 0.127 e. The van der Waals surface area contributed by atoms with E-state index in [1.807, 2.05) is 32.2 Å². The van der Waals surface area contributed by atoms with E-state index >= 15 is 0 Å². The van der Waals surface area contributed by atoms with Crippen LogP contribution in [0.5, 0.6) is 0 Å². The van der Waals surface area contributed by atoms with Crippen LogP contribution in [0.1, 0.15) is 37.3 Å². The Morgan fingerprint density at radius 1 is 1.41 bits per heavy atom. The van der Waals surface area contributed by atoms with E-state index < -0.39 is 0 Å². The number of aromatic nitrogens is 1. The quantitative estimate of drug-likeness (QED) is 0.847. The molecule has 1 saturated carbocycles. The summed E-state index contributed by atoms with van der Waals surface area (Å²) in [5, 5.41) is 3.41. The maximum absolute atomic E-state index is 4.48. The van der Waals surface area contributed by atoms with Crippen LogP contribution in [-0.4, -0.2) is 26.1 Å². The predicted octanol–water partition coefficient (Wildman–Crippen LogP) is 2.60. The van der Waals surface area contributed by atoms with Crippen molar-refractivity contribution in [2.75, 3.05) is 26.0 Å². The molecule has 1 unspecified atom stereocenters. The topological polar surface area (TPSA) is 28.2 Å².